The Morgan fingerprint density at radius 3 is 2.62 bits per heavy atom. The molecule has 1 heterocycles. The molecule has 0 saturated carbocycles. The molecule has 1 amide bonds. The fourth-order valence-corrected chi connectivity index (χ4v) is 4.49. The van der Waals surface area contributed by atoms with Crippen molar-refractivity contribution in [2.24, 2.45) is 0 Å². The summed E-state index contributed by atoms with van der Waals surface area (Å²) in [5.41, 5.74) is 2.46. The van der Waals surface area contributed by atoms with Gasteiger partial charge in [-0.2, -0.15) is 0 Å². The Hall–Kier alpha value is -3.23. The van der Waals surface area contributed by atoms with Gasteiger partial charge in [0.05, 0.1) is 25.7 Å². The van der Waals surface area contributed by atoms with Crippen molar-refractivity contribution in [2.75, 3.05) is 11.6 Å². The largest absolute Gasteiger partial charge is 0.321 e. The number of fused-ring (bicyclic) bond motifs is 1. The molecular formula is C21H15N3O3S2. The Balaban J connectivity index is 1.68. The summed E-state index contributed by atoms with van der Waals surface area (Å²) in [5.74, 6) is -0.408. The molecule has 0 aliphatic carbocycles. The Morgan fingerprint density at radius 2 is 1.86 bits per heavy atom. The second-order valence-corrected chi connectivity index (χ2v) is 8.01. The van der Waals surface area contributed by atoms with E-state index in [1.54, 1.807) is 35.8 Å². The lowest BCUT2D eigenvalue weighted by Crippen LogP contribution is -2.13. The van der Waals surface area contributed by atoms with Crippen molar-refractivity contribution in [1.82, 2.24) is 4.98 Å². The number of anilines is 1. The van der Waals surface area contributed by atoms with Gasteiger partial charge in [-0.05, 0) is 42.7 Å². The summed E-state index contributed by atoms with van der Waals surface area (Å²) in [6.07, 6.45) is 1.76. The number of nitrogens with zero attached hydrogens (tertiary/aromatic N) is 2. The van der Waals surface area contributed by atoms with Crippen molar-refractivity contribution in [2.45, 2.75) is 4.90 Å². The molecule has 0 spiro atoms. The van der Waals surface area contributed by atoms with E-state index in [0.717, 1.165) is 20.8 Å². The third-order valence-electron chi connectivity index (χ3n) is 4.34. The zero-order chi connectivity index (χ0) is 20.4. The number of hydrogen-bond acceptors (Lipinski definition) is 6. The molecule has 0 unspecified atom stereocenters. The Bertz CT molecular complexity index is 1200. The van der Waals surface area contributed by atoms with Gasteiger partial charge < -0.3 is 5.32 Å². The topological polar surface area (TPSA) is 85.1 Å². The van der Waals surface area contributed by atoms with Crippen LogP contribution in [0.4, 0.5) is 11.4 Å². The van der Waals surface area contributed by atoms with Gasteiger partial charge in [0.2, 0.25) is 0 Å². The minimum absolute atomic E-state index is 0.0791. The number of hydrogen-bond donors (Lipinski definition) is 1. The first kappa shape index (κ1) is 19.1. The predicted molar refractivity (Wildman–Crippen MR) is 118 cm³/mol. The van der Waals surface area contributed by atoms with E-state index in [4.69, 9.17) is 0 Å². The molecule has 8 heteroatoms. The predicted octanol–water partition coefficient (Wildman–Crippen LogP) is 5.85. The molecular weight excluding hydrogens is 406 g/mol. The highest BCUT2D eigenvalue weighted by Gasteiger charge is 2.18. The Kier molecular flexibility index (Phi) is 5.28. The number of carbonyl (C=O) groups is 1. The van der Waals surface area contributed by atoms with Gasteiger partial charge in [-0.1, -0.05) is 24.3 Å². The number of carbonyl (C=O) groups excluding carboxylic acids is 1. The van der Waals surface area contributed by atoms with E-state index in [2.05, 4.69) is 10.3 Å². The molecule has 0 atom stereocenters. The highest BCUT2D eigenvalue weighted by molar-refractivity contribution is 7.98. The van der Waals surface area contributed by atoms with Gasteiger partial charge >= 0.3 is 0 Å². The number of thiazole rings is 1. The van der Waals surface area contributed by atoms with Crippen molar-refractivity contribution < 1.29 is 9.72 Å². The summed E-state index contributed by atoms with van der Waals surface area (Å²) in [4.78, 5) is 28.8. The average molecular weight is 422 g/mol. The molecule has 1 aromatic heterocycles. The highest BCUT2D eigenvalue weighted by atomic mass is 32.2. The van der Waals surface area contributed by atoms with Crippen LogP contribution in [0.25, 0.3) is 20.8 Å². The first-order valence-electron chi connectivity index (χ1n) is 8.65. The van der Waals surface area contributed by atoms with Gasteiger partial charge in [0.1, 0.15) is 5.01 Å². The third kappa shape index (κ3) is 3.85. The molecule has 4 aromatic rings. The van der Waals surface area contributed by atoms with Crippen LogP contribution >= 0.6 is 23.1 Å². The zero-order valence-corrected chi connectivity index (χ0v) is 16.9. The number of thioether (sulfide) groups is 1. The molecule has 4 rings (SSSR count). The SMILES string of the molecule is CSc1ccc(C(=O)Nc2ccccc2-c2nc3ccccc3s2)cc1[N+](=O)[O-]. The molecule has 0 bridgehead atoms. The summed E-state index contributed by atoms with van der Waals surface area (Å²) in [5, 5.41) is 15.0. The normalized spacial score (nSPS) is 10.8. The first-order chi connectivity index (χ1) is 14.1. The number of benzene rings is 3. The van der Waals surface area contributed by atoms with Crippen LogP contribution < -0.4 is 5.32 Å². The lowest BCUT2D eigenvalue weighted by molar-refractivity contribution is -0.387. The van der Waals surface area contributed by atoms with E-state index >= 15 is 0 Å². The van der Waals surface area contributed by atoms with E-state index < -0.39 is 10.8 Å². The number of nitrogens with one attached hydrogen (secondary N) is 1. The fourth-order valence-electron chi connectivity index (χ4n) is 2.93. The molecule has 6 nitrogen and oxygen atoms in total. The van der Waals surface area contributed by atoms with Crippen molar-refractivity contribution in [3.05, 3.63) is 82.4 Å². The molecule has 0 fully saturated rings. The standard InChI is InChI=1S/C21H15N3O3S2/c1-28-19-11-10-13(12-17(19)24(26)27)20(25)22-15-7-3-2-6-14(15)21-23-16-8-4-5-9-18(16)29-21/h2-12H,1H3,(H,22,25). The van der Waals surface area contributed by atoms with Crippen molar-refractivity contribution in [1.29, 1.82) is 0 Å². The van der Waals surface area contributed by atoms with E-state index in [1.165, 1.54) is 17.8 Å². The van der Waals surface area contributed by atoms with Crippen LogP contribution in [0, 0.1) is 10.1 Å². The maximum atomic E-state index is 12.8. The number of rotatable bonds is 5. The minimum Gasteiger partial charge on any atom is -0.321 e. The van der Waals surface area contributed by atoms with E-state index in [-0.39, 0.29) is 11.3 Å². The molecule has 0 radical (unpaired) electrons. The molecule has 29 heavy (non-hydrogen) atoms. The maximum absolute atomic E-state index is 12.8. The zero-order valence-electron chi connectivity index (χ0n) is 15.3. The average Bonchev–Trinajstić information content (AvgIpc) is 3.17. The molecule has 0 aliphatic heterocycles. The molecule has 0 saturated heterocycles. The van der Waals surface area contributed by atoms with Crippen LogP contribution in [0.5, 0.6) is 0 Å². The number of nitro groups is 1. The van der Waals surface area contributed by atoms with Crippen molar-refractivity contribution >= 4 is 50.6 Å². The first-order valence-corrected chi connectivity index (χ1v) is 10.7. The van der Waals surface area contributed by atoms with Crippen LogP contribution in [0.1, 0.15) is 10.4 Å². The van der Waals surface area contributed by atoms with Crippen molar-refractivity contribution in [3.63, 3.8) is 0 Å². The Labute approximate surface area is 174 Å². The maximum Gasteiger partial charge on any atom is 0.283 e. The van der Waals surface area contributed by atoms with Crippen LogP contribution in [-0.2, 0) is 0 Å². The van der Waals surface area contributed by atoms with Gasteiger partial charge in [0.25, 0.3) is 11.6 Å². The monoisotopic (exact) mass is 421 g/mol. The Morgan fingerprint density at radius 1 is 1.10 bits per heavy atom. The van der Waals surface area contributed by atoms with Crippen LogP contribution in [0.3, 0.4) is 0 Å². The number of aromatic nitrogens is 1. The third-order valence-corrected chi connectivity index (χ3v) is 6.19. The molecule has 1 N–H and O–H groups in total. The second-order valence-electron chi connectivity index (χ2n) is 6.13. The lowest BCUT2D eigenvalue weighted by Gasteiger charge is -2.10. The van der Waals surface area contributed by atoms with Crippen LogP contribution in [-0.4, -0.2) is 22.1 Å². The van der Waals surface area contributed by atoms with Crippen LogP contribution in [0.15, 0.2) is 71.6 Å². The fraction of sp³-hybridized carbons (Fsp3) is 0.0476. The molecule has 3 aromatic carbocycles. The van der Waals surface area contributed by atoms with Crippen molar-refractivity contribution in [3.8, 4) is 10.6 Å². The van der Waals surface area contributed by atoms with Gasteiger partial charge in [0.15, 0.2) is 0 Å². The van der Waals surface area contributed by atoms with E-state index in [9.17, 15) is 14.9 Å². The second kappa shape index (κ2) is 8.02. The number of para-hydroxylation sites is 2. The lowest BCUT2D eigenvalue weighted by atomic mass is 10.1. The minimum atomic E-state index is -0.475. The van der Waals surface area contributed by atoms with Gasteiger partial charge in [-0.3, -0.25) is 14.9 Å². The van der Waals surface area contributed by atoms with Crippen LogP contribution in [0.2, 0.25) is 0 Å². The summed E-state index contributed by atoms with van der Waals surface area (Å²) < 4.78 is 1.06. The summed E-state index contributed by atoms with van der Waals surface area (Å²) in [6.45, 7) is 0. The quantitative estimate of drug-likeness (QED) is 0.248. The van der Waals surface area contributed by atoms with Gasteiger partial charge in [-0.15, -0.1) is 23.1 Å². The summed E-state index contributed by atoms with van der Waals surface area (Å²) >= 11 is 2.81. The summed E-state index contributed by atoms with van der Waals surface area (Å²) in [7, 11) is 0. The summed E-state index contributed by atoms with van der Waals surface area (Å²) in [6, 6.07) is 19.7. The van der Waals surface area contributed by atoms with Gasteiger partial charge in [-0.25, -0.2) is 4.98 Å². The number of nitro benzene ring substituents is 1. The number of amides is 1. The molecule has 144 valence electrons. The van der Waals surface area contributed by atoms with Gasteiger partial charge in [0, 0.05) is 17.2 Å². The highest BCUT2D eigenvalue weighted by Crippen LogP contribution is 2.35. The van der Waals surface area contributed by atoms with E-state index in [0.29, 0.717) is 10.6 Å². The van der Waals surface area contributed by atoms with E-state index in [1.807, 2.05) is 42.5 Å². The smallest absolute Gasteiger partial charge is 0.283 e. The molecule has 0 aliphatic rings.